The van der Waals surface area contributed by atoms with Crippen molar-refractivity contribution in [2.45, 2.75) is 19.4 Å². The summed E-state index contributed by atoms with van der Waals surface area (Å²) in [5.74, 6) is 2.57. The molecule has 4 rings (SSSR count). The summed E-state index contributed by atoms with van der Waals surface area (Å²) in [6.45, 7) is 6.49. The van der Waals surface area contributed by atoms with Crippen molar-refractivity contribution in [3.8, 4) is 11.8 Å². The molecular formula is C24H25F2N7O2. The second-order valence-electron chi connectivity index (χ2n) is 8.48. The van der Waals surface area contributed by atoms with E-state index in [4.69, 9.17) is 5.73 Å². The van der Waals surface area contributed by atoms with Crippen molar-refractivity contribution in [3.63, 3.8) is 0 Å². The van der Waals surface area contributed by atoms with Gasteiger partial charge >= 0.3 is 0 Å². The number of anilines is 1. The zero-order valence-electron chi connectivity index (χ0n) is 19.6. The van der Waals surface area contributed by atoms with Crippen molar-refractivity contribution in [2.75, 3.05) is 25.5 Å². The Bertz CT molecular complexity index is 1410. The van der Waals surface area contributed by atoms with Crippen LogP contribution in [0.1, 0.15) is 41.0 Å². The van der Waals surface area contributed by atoms with Crippen molar-refractivity contribution < 1.29 is 18.4 Å². The molecule has 1 aliphatic rings. The van der Waals surface area contributed by atoms with Gasteiger partial charge in [0.15, 0.2) is 17.3 Å². The van der Waals surface area contributed by atoms with Crippen LogP contribution in [0, 0.1) is 29.4 Å². The largest absolute Gasteiger partial charge is 0.373 e. The molecule has 0 spiro atoms. The number of carbonyl (C=O) groups excluding carboxylic acids is 2. The lowest BCUT2D eigenvalue weighted by molar-refractivity contribution is -0.128. The third-order valence-electron chi connectivity index (χ3n) is 6.25. The molecule has 182 valence electrons. The van der Waals surface area contributed by atoms with Crippen LogP contribution in [0.5, 0.6) is 0 Å². The van der Waals surface area contributed by atoms with E-state index in [1.54, 1.807) is 23.7 Å². The minimum atomic E-state index is -1.12. The molecule has 35 heavy (non-hydrogen) atoms. The molecule has 1 unspecified atom stereocenters. The lowest BCUT2D eigenvalue weighted by Crippen LogP contribution is -2.43. The summed E-state index contributed by atoms with van der Waals surface area (Å²) in [6, 6.07) is 1.19. The molecule has 0 radical (unpaired) electrons. The molecule has 0 aliphatic carbocycles. The number of piperidine rings is 1. The average Bonchev–Trinajstić information content (AvgIpc) is 3.39. The number of halogens is 2. The maximum absolute atomic E-state index is 14.7. The van der Waals surface area contributed by atoms with Crippen molar-refractivity contribution in [3.05, 3.63) is 53.5 Å². The van der Waals surface area contributed by atoms with Crippen LogP contribution in [-0.4, -0.2) is 56.2 Å². The molecule has 0 bridgehead atoms. The van der Waals surface area contributed by atoms with Crippen LogP contribution in [0.25, 0.3) is 11.0 Å². The van der Waals surface area contributed by atoms with Crippen molar-refractivity contribution in [2.24, 2.45) is 18.7 Å². The van der Waals surface area contributed by atoms with Gasteiger partial charge in [-0.05, 0) is 30.4 Å². The van der Waals surface area contributed by atoms with Crippen LogP contribution in [0.2, 0.25) is 0 Å². The van der Waals surface area contributed by atoms with Gasteiger partial charge in [0.05, 0.1) is 23.4 Å². The number of primary amides is 1. The monoisotopic (exact) mass is 481 g/mol. The third kappa shape index (κ3) is 4.12. The Labute approximate surface area is 200 Å². The number of benzene rings is 1. The predicted molar refractivity (Wildman–Crippen MR) is 126 cm³/mol. The molecule has 1 fully saturated rings. The van der Waals surface area contributed by atoms with Crippen LogP contribution in [0.3, 0.4) is 0 Å². The second kappa shape index (κ2) is 9.21. The fourth-order valence-electron chi connectivity index (χ4n) is 4.52. The van der Waals surface area contributed by atoms with E-state index in [-0.39, 0.29) is 45.7 Å². The van der Waals surface area contributed by atoms with Crippen LogP contribution in [0.15, 0.2) is 25.0 Å². The Hall–Kier alpha value is -4.20. The van der Waals surface area contributed by atoms with Gasteiger partial charge in [-0.2, -0.15) is 5.10 Å². The average molecular weight is 482 g/mol. The van der Waals surface area contributed by atoms with Gasteiger partial charge in [0.1, 0.15) is 16.9 Å². The molecule has 3 aromatic rings. The highest BCUT2D eigenvalue weighted by Gasteiger charge is 2.33. The lowest BCUT2D eigenvalue weighted by atomic mass is 9.93. The first-order valence-corrected chi connectivity index (χ1v) is 11.0. The number of aryl methyl sites for hydroxylation is 1. The van der Waals surface area contributed by atoms with Gasteiger partial charge in [-0.25, -0.2) is 18.4 Å². The molecule has 3 heterocycles. The van der Waals surface area contributed by atoms with Gasteiger partial charge < -0.3 is 20.5 Å². The Kier molecular flexibility index (Phi) is 6.30. The maximum Gasteiger partial charge on any atom is 0.255 e. The Morgan fingerprint density at radius 3 is 2.69 bits per heavy atom. The van der Waals surface area contributed by atoms with E-state index in [1.165, 1.54) is 23.0 Å². The maximum atomic E-state index is 14.7. The standard InChI is InChI=1S/C24H25F2N7O2/c1-5-18(34)32-9-8-17(13(2)11-32)33-24(28-3)19(23(27)35)15(30-33)7-6-14-10-16-22(21(26)20(14)25)31(4)12-29-16/h5,10,12-13,17,28H,1,8-9,11H2,2-4H3,(H2,27,35)/t13?,17-/m0/s1. The number of rotatable bonds is 4. The molecule has 2 atom stereocenters. The molecule has 1 aromatic carbocycles. The van der Waals surface area contributed by atoms with Crippen molar-refractivity contribution >= 4 is 28.7 Å². The zero-order chi connectivity index (χ0) is 25.4. The quantitative estimate of drug-likeness (QED) is 0.438. The molecule has 1 aliphatic heterocycles. The smallest absolute Gasteiger partial charge is 0.255 e. The van der Waals surface area contributed by atoms with E-state index < -0.39 is 17.5 Å². The number of likely N-dealkylation sites (tertiary alicyclic amines) is 1. The number of amides is 2. The van der Waals surface area contributed by atoms with E-state index in [0.717, 1.165) is 0 Å². The number of hydrogen-bond acceptors (Lipinski definition) is 5. The number of imidazole rings is 1. The Morgan fingerprint density at radius 1 is 1.31 bits per heavy atom. The van der Waals surface area contributed by atoms with Gasteiger partial charge in [-0.3, -0.25) is 9.59 Å². The van der Waals surface area contributed by atoms with Gasteiger partial charge in [-0.15, -0.1) is 0 Å². The number of fused-ring (bicyclic) bond motifs is 1. The molecule has 2 aromatic heterocycles. The van der Waals surface area contributed by atoms with Gasteiger partial charge in [0.2, 0.25) is 5.91 Å². The summed E-state index contributed by atoms with van der Waals surface area (Å²) in [6.07, 6.45) is 3.24. The molecule has 0 saturated carbocycles. The van der Waals surface area contributed by atoms with Crippen LogP contribution in [-0.2, 0) is 11.8 Å². The highest BCUT2D eigenvalue weighted by atomic mass is 19.2. The third-order valence-corrected chi connectivity index (χ3v) is 6.25. The number of hydrogen-bond donors (Lipinski definition) is 2. The fraction of sp³-hybridized carbons (Fsp3) is 0.333. The highest BCUT2D eigenvalue weighted by Crippen LogP contribution is 2.33. The number of nitrogens with zero attached hydrogens (tertiary/aromatic N) is 5. The van der Waals surface area contributed by atoms with E-state index >= 15 is 0 Å². The van der Waals surface area contributed by atoms with Crippen molar-refractivity contribution in [1.82, 2.24) is 24.2 Å². The number of aromatic nitrogens is 4. The minimum Gasteiger partial charge on any atom is -0.373 e. The molecule has 9 nitrogen and oxygen atoms in total. The number of nitrogens with two attached hydrogens (primary N) is 1. The van der Waals surface area contributed by atoms with Crippen LogP contribution >= 0.6 is 0 Å². The summed E-state index contributed by atoms with van der Waals surface area (Å²) in [4.78, 5) is 30.1. The van der Waals surface area contributed by atoms with Crippen molar-refractivity contribution in [1.29, 1.82) is 0 Å². The topological polar surface area (TPSA) is 111 Å². The zero-order valence-corrected chi connectivity index (χ0v) is 19.6. The number of nitrogens with one attached hydrogen (secondary N) is 1. The van der Waals surface area contributed by atoms with E-state index in [9.17, 15) is 18.4 Å². The van der Waals surface area contributed by atoms with Gasteiger partial charge in [0, 0.05) is 27.2 Å². The summed E-state index contributed by atoms with van der Waals surface area (Å²) in [7, 11) is 3.19. The Balaban J connectivity index is 1.76. The predicted octanol–water partition coefficient (Wildman–Crippen LogP) is 2.18. The van der Waals surface area contributed by atoms with Gasteiger partial charge in [-0.1, -0.05) is 19.4 Å². The molecule has 2 amide bonds. The molecule has 11 heteroatoms. The first-order chi connectivity index (χ1) is 16.7. The van der Waals surface area contributed by atoms with Gasteiger partial charge in [0.25, 0.3) is 5.91 Å². The summed E-state index contributed by atoms with van der Waals surface area (Å²) in [5, 5.41) is 7.48. The summed E-state index contributed by atoms with van der Waals surface area (Å²) >= 11 is 0. The van der Waals surface area contributed by atoms with E-state index in [2.05, 4.69) is 33.8 Å². The van der Waals surface area contributed by atoms with Crippen LogP contribution in [0.4, 0.5) is 14.6 Å². The Morgan fingerprint density at radius 2 is 2.06 bits per heavy atom. The van der Waals surface area contributed by atoms with E-state index in [1.807, 2.05) is 6.92 Å². The van der Waals surface area contributed by atoms with Crippen LogP contribution < -0.4 is 11.1 Å². The summed E-state index contributed by atoms with van der Waals surface area (Å²) in [5.41, 5.74) is 5.80. The molecular weight excluding hydrogens is 456 g/mol. The first kappa shape index (κ1) is 23.9. The second-order valence-corrected chi connectivity index (χ2v) is 8.48. The highest BCUT2D eigenvalue weighted by molar-refractivity contribution is 6.00. The summed E-state index contributed by atoms with van der Waals surface area (Å²) < 4.78 is 32.3. The lowest BCUT2D eigenvalue weighted by Gasteiger charge is -2.37. The number of carbonyl (C=O) groups is 2. The molecule has 1 saturated heterocycles. The normalized spacial score (nSPS) is 17.7. The minimum absolute atomic E-state index is 0.000659. The van der Waals surface area contributed by atoms with E-state index in [0.29, 0.717) is 25.3 Å². The SMILES string of the molecule is C=CC(=O)N1CC[C@H](n2nc(C#Cc3cc4ncn(C)c4c(F)c3F)c(C(N)=O)c2NC)C(C)C1. The first-order valence-electron chi connectivity index (χ1n) is 11.0. The molecule has 3 N–H and O–H groups in total. The fourth-order valence-corrected chi connectivity index (χ4v) is 4.52.